The van der Waals surface area contributed by atoms with Crippen molar-refractivity contribution in [2.75, 3.05) is 0 Å². The first-order valence-corrected chi connectivity index (χ1v) is 6.26. The first kappa shape index (κ1) is 13.9. The lowest BCUT2D eigenvalue weighted by Crippen LogP contribution is -1.98. The number of hydrogen-bond acceptors (Lipinski definition) is 1. The van der Waals surface area contributed by atoms with E-state index in [0.29, 0.717) is 11.6 Å². The lowest BCUT2D eigenvalue weighted by molar-refractivity contribution is 0.365. The molecule has 0 radical (unpaired) electrons. The van der Waals surface area contributed by atoms with Gasteiger partial charge in [0.2, 0.25) is 0 Å². The summed E-state index contributed by atoms with van der Waals surface area (Å²) in [5.74, 6) is 0.564. The highest BCUT2D eigenvalue weighted by Crippen LogP contribution is 2.22. The molecule has 0 aromatic carbocycles. The van der Waals surface area contributed by atoms with Crippen LogP contribution in [-0.4, -0.2) is 4.98 Å². The van der Waals surface area contributed by atoms with E-state index in [4.69, 9.17) is 0 Å². The smallest absolute Gasteiger partial charge is 0.139 e. The van der Waals surface area contributed by atoms with E-state index < -0.39 is 6.17 Å². The van der Waals surface area contributed by atoms with Gasteiger partial charge in [-0.1, -0.05) is 32.4 Å². The average Bonchev–Trinajstić information content (AvgIpc) is 2.28. The fourth-order valence-corrected chi connectivity index (χ4v) is 1.85. The molecule has 1 nitrogen and oxygen atoms in total. The summed E-state index contributed by atoms with van der Waals surface area (Å²) < 4.78 is 13.1. The number of halogens is 1. The zero-order valence-electron chi connectivity index (χ0n) is 11.4. The Bertz CT molecular complexity index is 407. The summed E-state index contributed by atoms with van der Waals surface area (Å²) in [6.45, 7) is 9.92. The third-order valence-corrected chi connectivity index (χ3v) is 3.12. The lowest BCUT2D eigenvalue weighted by atomic mass is 9.99. The van der Waals surface area contributed by atoms with E-state index in [1.807, 2.05) is 13.0 Å². The molecule has 0 N–H and O–H groups in total. The number of rotatable bonds is 4. The van der Waals surface area contributed by atoms with Gasteiger partial charge in [0.1, 0.15) is 6.17 Å². The maximum atomic E-state index is 13.1. The Morgan fingerprint density at radius 2 is 2.06 bits per heavy atom. The van der Waals surface area contributed by atoms with E-state index in [0.717, 1.165) is 17.7 Å². The molecule has 0 fully saturated rings. The Balaban J connectivity index is 3.04. The Morgan fingerprint density at radius 3 is 2.53 bits per heavy atom. The predicted molar refractivity (Wildman–Crippen MR) is 71.6 cm³/mol. The Labute approximate surface area is 104 Å². The molecule has 0 amide bonds. The van der Waals surface area contributed by atoms with Gasteiger partial charge in [-0.2, -0.15) is 0 Å². The molecular formula is C15H22FN. The minimum Gasteiger partial charge on any atom is -0.254 e. The van der Waals surface area contributed by atoms with E-state index in [-0.39, 0.29) is 0 Å². The van der Waals surface area contributed by atoms with Crippen molar-refractivity contribution in [1.29, 1.82) is 0 Å². The largest absolute Gasteiger partial charge is 0.254 e. The Kier molecular flexibility index (Phi) is 4.86. The maximum Gasteiger partial charge on any atom is 0.139 e. The van der Waals surface area contributed by atoms with Crippen LogP contribution in [-0.2, 0) is 0 Å². The SMILES string of the molecule is CCC(C)/C=C(/C)c1ccc(C(C)F)nc1C. The van der Waals surface area contributed by atoms with Gasteiger partial charge in [-0.05, 0) is 43.9 Å². The molecule has 0 aliphatic carbocycles. The van der Waals surface area contributed by atoms with Gasteiger partial charge in [-0.3, -0.25) is 4.98 Å². The summed E-state index contributed by atoms with van der Waals surface area (Å²) in [6.07, 6.45) is 2.38. The van der Waals surface area contributed by atoms with Crippen molar-refractivity contribution in [2.45, 2.75) is 47.2 Å². The van der Waals surface area contributed by atoms with Gasteiger partial charge in [-0.25, -0.2) is 4.39 Å². The number of hydrogen-bond donors (Lipinski definition) is 0. The summed E-state index contributed by atoms with van der Waals surface area (Å²) in [7, 11) is 0. The van der Waals surface area contributed by atoms with Gasteiger partial charge in [0.25, 0.3) is 0 Å². The molecule has 0 saturated carbocycles. The zero-order valence-corrected chi connectivity index (χ0v) is 11.4. The van der Waals surface area contributed by atoms with Crippen molar-refractivity contribution in [3.63, 3.8) is 0 Å². The van der Waals surface area contributed by atoms with Crippen LogP contribution in [0.2, 0.25) is 0 Å². The van der Waals surface area contributed by atoms with E-state index in [2.05, 4.69) is 31.8 Å². The summed E-state index contributed by atoms with van der Waals surface area (Å²) in [4.78, 5) is 4.31. The van der Waals surface area contributed by atoms with Crippen LogP contribution in [0.3, 0.4) is 0 Å². The van der Waals surface area contributed by atoms with Crippen molar-refractivity contribution in [1.82, 2.24) is 4.98 Å². The third kappa shape index (κ3) is 3.65. The minimum atomic E-state index is -0.999. The van der Waals surface area contributed by atoms with E-state index in [1.54, 1.807) is 6.07 Å². The van der Waals surface area contributed by atoms with Crippen molar-refractivity contribution < 1.29 is 4.39 Å². The first-order valence-electron chi connectivity index (χ1n) is 6.26. The highest BCUT2D eigenvalue weighted by molar-refractivity contribution is 5.65. The number of alkyl halides is 1. The summed E-state index contributed by atoms with van der Waals surface area (Å²) in [5.41, 5.74) is 3.77. The third-order valence-electron chi connectivity index (χ3n) is 3.12. The van der Waals surface area contributed by atoms with Crippen LogP contribution in [0.5, 0.6) is 0 Å². The molecule has 2 heteroatoms. The predicted octanol–water partition coefficient (Wildman–Crippen LogP) is 4.87. The standard InChI is InChI=1S/C15H22FN/c1-6-10(2)9-11(3)14-7-8-15(12(4)16)17-13(14)5/h7-10,12H,6H2,1-5H3/b11-9-. The van der Waals surface area contributed by atoms with Gasteiger partial charge < -0.3 is 0 Å². The number of aromatic nitrogens is 1. The van der Waals surface area contributed by atoms with Crippen LogP contribution in [0.25, 0.3) is 5.57 Å². The van der Waals surface area contributed by atoms with Crippen LogP contribution in [0.15, 0.2) is 18.2 Å². The van der Waals surface area contributed by atoms with Crippen molar-refractivity contribution >= 4 is 5.57 Å². The van der Waals surface area contributed by atoms with E-state index >= 15 is 0 Å². The second kappa shape index (κ2) is 5.95. The van der Waals surface area contributed by atoms with Crippen LogP contribution >= 0.6 is 0 Å². The fraction of sp³-hybridized carbons (Fsp3) is 0.533. The molecule has 94 valence electrons. The Hall–Kier alpha value is -1.18. The van der Waals surface area contributed by atoms with Crippen LogP contribution in [0.1, 0.15) is 57.2 Å². The number of pyridine rings is 1. The van der Waals surface area contributed by atoms with E-state index in [1.165, 1.54) is 12.5 Å². The summed E-state index contributed by atoms with van der Waals surface area (Å²) in [5, 5.41) is 0. The average molecular weight is 235 g/mol. The second-order valence-corrected chi connectivity index (χ2v) is 4.72. The molecule has 0 bridgehead atoms. The fourth-order valence-electron chi connectivity index (χ4n) is 1.85. The monoisotopic (exact) mass is 235 g/mol. The Morgan fingerprint density at radius 1 is 1.41 bits per heavy atom. The van der Waals surface area contributed by atoms with Gasteiger partial charge in [0.05, 0.1) is 5.69 Å². The topological polar surface area (TPSA) is 12.9 Å². The van der Waals surface area contributed by atoms with Crippen LogP contribution in [0, 0.1) is 12.8 Å². The molecule has 0 aliphatic heterocycles. The van der Waals surface area contributed by atoms with Crippen LogP contribution < -0.4 is 0 Å². The van der Waals surface area contributed by atoms with Gasteiger partial charge >= 0.3 is 0 Å². The quantitative estimate of drug-likeness (QED) is 0.725. The number of nitrogens with zero attached hydrogens (tertiary/aromatic N) is 1. The maximum absolute atomic E-state index is 13.1. The van der Waals surface area contributed by atoms with Gasteiger partial charge in [0, 0.05) is 5.69 Å². The molecule has 17 heavy (non-hydrogen) atoms. The van der Waals surface area contributed by atoms with Gasteiger partial charge in [0.15, 0.2) is 0 Å². The molecular weight excluding hydrogens is 213 g/mol. The molecule has 2 atom stereocenters. The molecule has 2 unspecified atom stereocenters. The highest BCUT2D eigenvalue weighted by atomic mass is 19.1. The van der Waals surface area contributed by atoms with E-state index in [9.17, 15) is 4.39 Å². The van der Waals surface area contributed by atoms with Crippen molar-refractivity contribution in [3.8, 4) is 0 Å². The van der Waals surface area contributed by atoms with Crippen LogP contribution in [0.4, 0.5) is 4.39 Å². The molecule has 1 aromatic rings. The summed E-state index contributed by atoms with van der Waals surface area (Å²) in [6, 6.07) is 3.75. The molecule has 1 aromatic heterocycles. The second-order valence-electron chi connectivity index (χ2n) is 4.72. The molecule has 0 aliphatic rings. The van der Waals surface area contributed by atoms with Crippen molar-refractivity contribution in [3.05, 3.63) is 35.2 Å². The number of allylic oxidation sites excluding steroid dienone is 2. The van der Waals surface area contributed by atoms with Gasteiger partial charge in [-0.15, -0.1) is 0 Å². The summed E-state index contributed by atoms with van der Waals surface area (Å²) >= 11 is 0. The lowest BCUT2D eigenvalue weighted by Gasteiger charge is -2.10. The highest BCUT2D eigenvalue weighted by Gasteiger charge is 2.08. The number of aryl methyl sites for hydroxylation is 1. The first-order chi connectivity index (χ1) is 7.95. The zero-order chi connectivity index (χ0) is 13.0. The minimum absolute atomic E-state index is 0.516. The molecule has 1 rings (SSSR count). The normalized spacial score (nSPS) is 15.8. The molecule has 0 spiro atoms. The van der Waals surface area contributed by atoms with Crippen molar-refractivity contribution in [2.24, 2.45) is 5.92 Å². The molecule has 1 heterocycles. The molecule has 0 saturated heterocycles.